The molecule has 2 saturated heterocycles. The van der Waals surface area contributed by atoms with Gasteiger partial charge in [0.15, 0.2) is 12.6 Å². The van der Waals surface area contributed by atoms with Gasteiger partial charge in [0.2, 0.25) is 0 Å². The first-order valence-corrected chi connectivity index (χ1v) is 17.9. The third-order valence-electron chi connectivity index (χ3n) is 9.23. The monoisotopic (exact) mass is 812 g/mol. The molecule has 1 aliphatic carbocycles. The van der Waals surface area contributed by atoms with E-state index in [4.69, 9.17) is 41.9 Å². The van der Waals surface area contributed by atoms with E-state index in [1.807, 2.05) is 0 Å². The van der Waals surface area contributed by atoms with E-state index in [1.54, 1.807) is 11.8 Å². The number of aliphatic hydroxyl groups is 6. The zero-order chi connectivity index (χ0) is 33.1. The molecule has 0 bridgehead atoms. The largest absolute Gasteiger partial charge is 0.389 e. The molecule has 3 aliphatic rings. The maximum absolute atomic E-state index is 11.2. The van der Waals surface area contributed by atoms with Crippen LogP contribution in [0, 0.1) is 0 Å². The van der Waals surface area contributed by atoms with Gasteiger partial charge in [-0.1, -0.05) is 64.7 Å². The zero-order valence-corrected chi connectivity index (χ0v) is 32.3. The first-order chi connectivity index (χ1) is 21.5. The van der Waals surface area contributed by atoms with Gasteiger partial charge in [-0.2, -0.15) is 11.8 Å². The number of aliphatic hydroxyl groups excluding tert-OH is 6. The molecule has 1 saturated carbocycles. The molecular formula is C30H64Cl4N4O10S. The summed E-state index contributed by atoms with van der Waals surface area (Å²) in [5.41, 5.74) is 24.3. The number of unbranched alkanes of at least 4 members (excludes halogenated alkanes) is 9. The third kappa shape index (κ3) is 15.0. The standard InChI is InChI=1S/C30H60N4O10S.4ClH/c1-2-3-4-5-6-7-8-9-10-11-12-45-15-19-21(35)20(34)23(37)29(42-19)43-27-16(32)13-17(33)28(26(27)40)44-30-25(39)24(38)22(36)18(14-31)41-30;;;;/h16-30,35-40H,2-15,31-34H2,1H3;4*1H/t16-,17+,18-,19-,20+,21-,22-,23-,24+,25-,26-,27+,28-,29-,30-;;;;/m1..../s1. The Labute approximate surface area is 320 Å². The first kappa shape index (κ1) is 52.1. The molecule has 15 atom stereocenters. The highest BCUT2D eigenvalue weighted by Gasteiger charge is 2.51. The summed E-state index contributed by atoms with van der Waals surface area (Å²) in [4.78, 5) is 0. The Morgan fingerprint density at radius 3 is 1.57 bits per heavy atom. The molecule has 0 aromatic rings. The highest BCUT2D eigenvalue weighted by molar-refractivity contribution is 7.99. The fourth-order valence-corrected chi connectivity index (χ4v) is 7.36. The Balaban J connectivity index is 0. The van der Waals surface area contributed by atoms with Gasteiger partial charge in [0, 0.05) is 24.4 Å². The van der Waals surface area contributed by atoms with Gasteiger partial charge >= 0.3 is 0 Å². The Morgan fingerprint density at radius 1 is 0.592 bits per heavy atom. The molecule has 2 aliphatic heterocycles. The van der Waals surface area contributed by atoms with Gasteiger partial charge in [0.25, 0.3) is 0 Å². The molecule has 0 spiro atoms. The van der Waals surface area contributed by atoms with Crippen LogP contribution in [0.25, 0.3) is 0 Å². The lowest BCUT2D eigenvalue weighted by Gasteiger charge is -2.48. The van der Waals surface area contributed by atoms with Crippen molar-refractivity contribution in [3.8, 4) is 0 Å². The van der Waals surface area contributed by atoms with Crippen LogP contribution in [0.4, 0.5) is 0 Å². The van der Waals surface area contributed by atoms with Crippen LogP contribution >= 0.6 is 61.4 Å². The highest BCUT2D eigenvalue weighted by atomic mass is 35.5. The van der Waals surface area contributed by atoms with E-state index in [0.717, 1.165) is 18.6 Å². The average molecular weight is 815 g/mol. The fraction of sp³-hybridized carbons (Fsp3) is 1.00. The van der Waals surface area contributed by atoms with Crippen LogP contribution in [-0.2, 0) is 18.9 Å². The van der Waals surface area contributed by atoms with Crippen LogP contribution in [0.1, 0.15) is 77.6 Å². The van der Waals surface area contributed by atoms with Crippen molar-refractivity contribution in [2.24, 2.45) is 22.9 Å². The van der Waals surface area contributed by atoms with Crippen molar-refractivity contribution >= 4 is 61.4 Å². The quantitative estimate of drug-likeness (QED) is 0.0821. The first-order valence-electron chi connectivity index (χ1n) is 16.8. The Hall–Kier alpha value is 0.950. The van der Waals surface area contributed by atoms with Gasteiger partial charge in [-0.05, 0) is 18.6 Å². The van der Waals surface area contributed by atoms with E-state index in [1.165, 1.54) is 51.4 Å². The van der Waals surface area contributed by atoms with Crippen LogP contribution in [0.15, 0.2) is 0 Å². The number of ether oxygens (including phenoxy) is 4. The lowest BCUT2D eigenvalue weighted by atomic mass is 9.84. The highest BCUT2D eigenvalue weighted by Crippen LogP contribution is 2.32. The van der Waals surface area contributed by atoms with Crippen molar-refractivity contribution in [2.75, 3.05) is 18.1 Å². The maximum atomic E-state index is 11.2. The average Bonchev–Trinajstić information content (AvgIpc) is 3.02. The second kappa shape index (κ2) is 26.7. The molecule has 3 fully saturated rings. The summed E-state index contributed by atoms with van der Waals surface area (Å²) in [7, 11) is 0. The van der Waals surface area contributed by atoms with Crippen LogP contribution in [0.3, 0.4) is 0 Å². The van der Waals surface area contributed by atoms with Gasteiger partial charge in [0.1, 0.15) is 48.8 Å². The maximum Gasteiger partial charge on any atom is 0.187 e. The van der Waals surface area contributed by atoms with E-state index in [9.17, 15) is 30.6 Å². The van der Waals surface area contributed by atoms with Gasteiger partial charge in [-0.3, -0.25) is 0 Å². The molecule has 298 valence electrons. The van der Waals surface area contributed by atoms with E-state index in [2.05, 4.69) is 6.92 Å². The van der Waals surface area contributed by atoms with Crippen LogP contribution in [0.5, 0.6) is 0 Å². The number of hydrogen-bond acceptors (Lipinski definition) is 15. The zero-order valence-electron chi connectivity index (χ0n) is 28.2. The lowest BCUT2D eigenvalue weighted by Crippen LogP contribution is -2.68. The van der Waals surface area contributed by atoms with Crippen molar-refractivity contribution in [2.45, 2.75) is 169 Å². The van der Waals surface area contributed by atoms with Crippen LogP contribution in [0.2, 0.25) is 0 Å². The van der Waals surface area contributed by atoms with Crippen molar-refractivity contribution in [1.82, 2.24) is 0 Å². The van der Waals surface area contributed by atoms with Crippen molar-refractivity contribution in [3.63, 3.8) is 0 Å². The predicted octanol–water partition coefficient (Wildman–Crippen LogP) is 0.0576. The smallest absolute Gasteiger partial charge is 0.187 e. The molecule has 19 heteroatoms. The van der Waals surface area contributed by atoms with Gasteiger partial charge in [0.05, 0.1) is 18.2 Å². The number of hydrogen-bond donors (Lipinski definition) is 10. The third-order valence-corrected chi connectivity index (χ3v) is 10.4. The minimum atomic E-state index is -1.64. The minimum Gasteiger partial charge on any atom is -0.389 e. The van der Waals surface area contributed by atoms with Gasteiger partial charge in [-0.25, -0.2) is 0 Å². The van der Waals surface area contributed by atoms with E-state index in [0.29, 0.717) is 5.75 Å². The van der Waals surface area contributed by atoms with Crippen molar-refractivity contribution < 1.29 is 49.6 Å². The molecule has 2 heterocycles. The van der Waals surface area contributed by atoms with E-state index in [-0.39, 0.29) is 62.6 Å². The van der Waals surface area contributed by atoms with Gasteiger partial charge in [-0.15, -0.1) is 49.6 Å². The summed E-state index contributed by atoms with van der Waals surface area (Å²) >= 11 is 1.64. The molecule has 3 rings (SSSR count). The summed E-state index contributed by atoms with van der Waals surface area (Å²) in [6.45, 7) is 2.08. The number of thioether (sulfide) groups is 1. The summed E-state index contributed by atoms with van der Waals surface area (Å²) in [5, 5.41) is 63.5. The second-order valence-electron chi connectivity index (χ2n) is 12.9. The molecule has 14 nitrogen and oxygen atoms in total. The summed E-state index contributed by atoms with van der Waals surface area (Å²) < 4.78 is 23.3. The van der Waals surface area contributed by atoms with E-state index >= 15 is 0 Å². The van der Waals surface area contributed by atoms with E-state index < -0.39 is 91.7 Å². The second-order valence-corrected chi connectivity index (χ2v) is 14.0. The molecule has 0 amide bonds. The number of rotatable bonds is 18. The fourth-order valence-electron chi connectivity index (χ4n) is 6.28. The van der Waals surface area contributed by atoms with Crippen LogP contribution < -0.4 is 22.9 Å². The summed E-state index contributed by atoms with van der Waals surface area (Å²) in [6, 6.07) is -2.63. The molecule has 0 aromatic heterocycles. The van der Waals surface area contributed by atoms with Gasteiger partial charge < -0.3 is 72.5 Å². The Bertz CT molecular complexity index is 845. The Kier molecular flexibility index (Phi) is 28.3. The summed E-state index contributed by atoms with van der Waals surface area (Å²) in [6.07, 6.45) is -2.71. The topological polar surface area (TPSA) is 262 Å². The normalized spacial score (nSPS) is 39.1. The predicted molar refractivity (Wildman–Crippen MR) is 199 cm³/mol. The molecule has 0 radical (unpaired) electrons. The number of halogens is 4. The number of nitrogens with two attached hydrogens (primary N) is 4. The molecule has 0 unspecified atom stereocenters. The lowest BCUT2D eigenvalue weighted by molar-refractivity contribution is -0.330. The minimum absolute atomic E-state index is 0. The molecular weight excluding hydrogens is 750 g/mol. The Morgan fingerprint density at radius 2 is 1.06 bits per heavy atom. The SMILES string of the molecule is CCCCCCCCCCCCSC[C@H]1O[C@H](O[C@@H]2[C@@H](O)[C@H](O[C@H]3O[C@H](CN)[C@@H](O)[C@H](O)[C@H]3O)[C@@H](N)C[C@H]2N)[C@H](O)[C@@H](N)[C@@H]1O.Cl.Cl.Cl.Cl. The summed E-state index contributed by atoms with van der Waals surface area (Å²) in [5.74, 6) is 1.35. The molecule has 14 N–H and O–H groups in total. The molecule has 0 aromatic carbocycles. The van der Waals surface area contributed by atoms with Crippen molar-refractivity contribution in [3.05, 3.63) is 0 Å². The molecule has 49 heavy (non-hydrogen) atoms. The van der Waals surface area contributed by atoms with Crippen molar-refractivity contribution in [1.29, 1.82) is 0 Å². The van der Waals surface area contributed by atoms with Crippen LogP contribution in [-0.4, -0.2) is 140 Å².